The van der Waals surface area contributed by atoms with E-state index in [9.17, 15) is 5.11 Å². The highest BCUT2D eigenvalue weighted by Crippen LogP contribution is 2.30. The minimum absolute atomic E-state index is 0.403. The molecule has 1 aliphatic rings. The van der Waals surface area contributed by atoms with Crippen molar-refractivity contribution < 1.29 is 5.11 Å². The van der Waals surface area contributed by atoms with Gasteiger partial charge in [-0.05, 0) is 68.5 Å². The quantitative estimate of drug-likeness (QED) is 0.283. The van der Waals surface area contributed by atoms with Gasteiger partial charge >= 0.3 is 0 Å². The number of rotatable bonds is 14. The maximum atomic E-state index is 10.8. The third kappa shape index (κ3) is 11.9. The van der Waals surface area contributed by atoms with Crippen LogP contribution in [0.2, 0.25) is 0 Å². The summed E-state index contributed by atoms with van der Waals surface area (Å²) in [4.78, 5) is 6.76. The first kappa shape index (κ1) is 28.9. The van der Waals surface area contributed by atoms with E-state index in [4.69, 9.17) is 0 Å². The lowest BCUT2D eigenvalue weighted by atomic mass is 9.90. The lowest BCUT2D eigenvalue weighted by Crippen LogP contribution is -2.34. The Kier molecular flexibility index (Phi) is 13.2. The van der Waals surface area contributed by atoms with Crippen LogP contribution in [-0.2, 0) is 0 Å². The molecule has 2 heterocycles. The molecule has 0 aromatic carbocycles. The molecule has 3 nitrogen and oxygen atoms in total. The van der Waals surface area contributed by atoms with Gasteiger partial charge in [-0.3, -0.25) is 9.88 Å². The number of hydrogen-bond acceptors (Lipinski definition) is 3. The molecule has 34 heavy (non-hydrogen) atoms. The summed E-state index contributed by atoms with van der Waals surface area (Å²) in [5.74, 6) is 8.93. The van der Waals surface area contributed by atoms with E-state index >= 15 is 0 Å². The zero-order chi connectivity index (χ0) is 24.8. The summed E-state index contributed by atoms with van der Waals surface area (Å²) >= 11 is 0. The first-order chi connectivity index (χ1) is 16.3. The summed E-state index contributed by atoms with van der Waals surface area (Å²) in [5.41, 5.74) is 0.402. The third-order valence-electron chi connectivity index (χ3n) is 7.56. The topological polar surface area (TPSA) is 36.4 Å². The van der Waals surface area contributed by atoms with E-state index in [1.165, 1.54) is 69.8 Å². The Morgan fingerprint density at radius 3 is 2.35 bits per heavy atom. The Bertz CT molecular complexity index is 718. The number of pyridine rings is 1. The molecule has 4 atom stereocenters. The fraction of sp³-hybridized carbons (Fsp3) is 0.774. The van der Waals surface area contributed by atoms with Gasteiger partial charge in [0, 0.05) is 18.4 Å². The molecule has 0 amide bonds. The fourth-order valence-corrected chi connectivity index (χ4v) is 5.30. The number of aromatic nitrogens is 1. The fourth-order valence-electron chi connectivity index (χ4n) is 5.30. The van der Waals surface area contributed by atoms with Crippen molar-refractivity contribution in [1.29, 1.82) is 0 Å². The average molecular weight is 469 g/mol. The van der Waals surface area contributed by atoms with E-state index in [1.54, 1.807) is 0 Å². The van der Waals surface area contributed by atoms with Crippen molar-refractivity contribution in [2.75, 3.05) is 13.1 Å². The minimum atomic E-state index is -0.885. The van der Waals surface area contributed by atoms with Crippen LogP contribution in [0.3, 0.4) is 0 Å². The largest absolute Gasteiger partial charge is 0.378 e. The second-order valence-electron chi connectivity index (χ2n) is 11.7. The Hall–Kier alpha value is -1.37. The van der Waals surface area contributed by atoms with Gasteiger partial charge in [0.2, 0.25) is 0 Å². The lowest BCUT2D eigenvalue weighted by molar-refractivity contribution is 0.107. The zero-order valence-corrected chi connectivity index (χ0v) is 22.9. The van der Waals surface area contributed by atoms with Crippen molar-refractivity contribution in [3.63, 3.8) is 0 Å². The van der Waals surface area contributed by atoms with Crippen molar-refractivity contribution in [3.8, 4) is 11.8 Å². The normalized spacial score (nSPS) is 20.4. The van der Waals surface area contributed by atoms with Crippen LogP contribution in [0.15, 0.2) is 24.5 Å². The van der Waals surface area contributed by atoms with Crippen LogP contribution in [0.4, 0.5) is 0 Å². The van der Waals surface area contributed by atoms with Crippen LogP contribution in [0.25, 0.3) is 0 Å². The van der Waals surface area contributed by atoms with Crippen molar-refractivity contribution in [1.82, 2.24) is 9.88 Å². The van der Waals surface area contributed by atoms with E-state index < -0.39 is 5.60 Å². The molecule has 1 aromatic heterocycles. The Morgan fingerprint density at radius 2 is 1.71 bits per heavy atom. The Labute approximate surface area is 211 Å². The van der Waals surface area contributed by atoms with Crippen molar-refractivity contribution in [2.24, 2.45) is 17.8 Å². The van der Waals surface area contributed by atoms with Crippen molar-refractivity contribution >= 4 is 0 Å². The predicted molar refractivity (Wildman–Crippen MR) is 146 cm³/mol. The highest BCUT2D eigenvalue weighted by molar-refractivity contribution is 5.17. The van der Waals surface area contributed by atoms with Crippen LogP contribution in [0, 0.1) is 29.6 Å². The monoisotopic (exact) mass is 468 g/mol. The molecule has 1 saturated heterocycles. The SMILES string of the molecule is CC(C)CCC[C@H](C)CCC[C@H](C)CCC[C@](C)(O)C#CCN1CCCC[C@H]1c1cccnc1. The molecule has 192 valence electrons. The van der Waals surface area contributed by atoms with Gasteiger partial charge in [0.15, 0.2) is 0 Å². The summed E-state index contributed by atoms with van der Waals surface area (Å²) in [7, 11) is 0. The molecule has 0 bridgehead atoms. The minimum Gasteiger partial charge on any atom is -0.378 e. The maximum absolute atomic E-state index is 10.8. The Balaban J connectivity index is 1.65. The van der Waals surface area contributed by atoms with Crippen molar-refractivity contribution in [3.05, 3.63) is 30.1 Å². The summed E-state index contributed by atoms with van der Waals surface area (Å²) < 4.78 is 0. The van der Waals surface area contributed by atoms with E-state index in [1.807, 2.05) is 25.4 Å². The second-order valence-corrected chi connectivity index (χ2v) is 11.7. The molecule has 3 heteroatoms. The molecular weight excluding hydrogens is 416 g/mol. The molecule has 0 aliphatic carbocycles. The highest BCUT2D eigenvalue weighted by Gasteiger charge is 2.23. The van der Waals surface area contributed by atoms with Crippen LogP contribution in [0.1, 0.15) is 123 Å². The van der Waals surface area contributed by atoms with E-state index in [-0.39, 0.29) is 0 Å². The van der Waals surface area contributed by atoms with Gasteiger partial charge in [-0.25, -0.2) is 0 Å². The standard InChI is InChI=1S/C31H52N2O/c1-26(2)13-8-14-27(3)15-9-16-28(4)17-10-20-31(5,34)21-12-24-33-23-7-6-19-30(33)29-18-11-22-32-25-29/h11,18,22,25-28,30,34H,6-10,13-17,19-20,23-24H2,1-5H3/t27-,28-,30-,31-/m0/s1. The first-order valence-corrected chi connectivity index (χ1v) is 14.1. The molecule has 2 rings (SSSR count). The van der Waals surface area contributed by atoms with E-state index in [0.717, 1.165) is 43.7 Å². The van der Waals surface area contributed by atoms with Gasteiger partial charge in [0.05, 0.1) is 6.54 Å². The van der Waals surface area contributed by atoms with Gasteiger partial charge in [-0.15, -0.1) is 0 Å². The maximum Gasteiger partial charge on any atom is 0.122 e. The van der Waals surface area contributed by atoms with Crippen molar-refractivity contribution in [2.45, 2.75) is 123 Å². The molecule has 1 aliphatic heterocycles. The molecular formula is C31H52N2O. The summed E-state index contributed by atoms with van der Waals surface area (Å²) in [5, 5.41) is 10.8. The predicted octanol–water partition coefficient (Wildman–Crippen LogP) is 7.80. The lowest BCUT2D eigenvalue weighted by Gasteiger charge is -2.34. The number of nitrogens with zero attached hydrogens (tertiary/aromatic N) is 2. The van der Waals surface area contributed by atoms with E-state index in [2.05, 4.69) is 55.5 Å². The van der Waals surface area contributed by atoms with Gasteiger partial charge in [0.1, 0.15) is 5.60 Å². The number of aliphatic hydroxyl groups is 1. The molecule has 1 fully saturated rings. The van der Waals surface area contributed by atoms with Gasteiger partial charge in [-0.1, -0.05) is 97.0 Å². The van der Waals surface area contributed by atoms with E-state index in [0.29, 0.717) is 6.04 Å². The summed E-state index contributed by atoms with van der Waals surface area (Å²) in [6.45, 7) is 13.1. The van der Waals surface area contributed by atoms with Gasteiger partial charge < -0.3 is 5.11 Å². The zero-order valence-electron chi connectivity index (χ0n) is 22.9. The molecule has 1 N–H and O–H groups in total. The Morgan fingerprint density at radius 1 is 1.03 bits per heavy atom. The van der Waals surface area contributed by atoms with Gasteiger partial charge in [-0.2, -0.15) is 0 Å². The molecule has 0 spiro atoms. The van der Waals surface area contributed by atoms with Crippen LogP contribution < -0.4 is 0 Å². The molecule has 0 radical (unpaired) electrons. The highest BCUT2D eigenvalue weighted by atomic mass is 16.3. The number of piperidine rings is 1. The third-order valence-corrected chi connectivity index (χ3v) is 7.56. The molecule has 1 aromatic rings. The smallest absolute Gasteiger partial charge is 0.122 e. The van der Waals surface area contributed by atoms with Gasteiger partial charge in [0.25, 0.3) is 0 Å². The van der Waals surface area contributed by atoms with Crippen LogP contribution in [0.5, 0.6) is 0 Å². The average Bonchev–Trinajstić information content (AvgIpc) is 2.79. The molecule has 0 unspecified atom stereocenters. The number of likely N-dealkylation sites (tertiary alicyclic amines) is 1. The summed E-state index contributed by atoms with van der Waals surface area (Å²) in [6.07, 6.45) is 18.6. The van der Waals surface area contributed by atoms with Crippen LogP contribution >= 0.6 is 0 Å². The second kappa shape index (κ2) is 15.6. The summed E-state index contributed by atoms with van der Waals surface area (Å²) in [6, 6.07) is 4.60. The first-order valence-electron chi connectivity index (χ1n) is 14.1. The number of hydrogen-bond donors (Lipinski definition) is 1. The van der Waals surface area contributed by atoms with Crippen LogP contribution in [-0.4, -0.2) is 33.7 Å². The molecule has 0 saturated carbocycles.